The molecule has 0 aliphatic heterocycles. The minimum atomic E-state index is 0.489. The fourth-order valence-corrected chi connectivity index (χ4v) is 1.62. The SMILES string of the molecule is CCCc1cc(OCc2ccc(N)cc2)ncn1. The van der Waals surface area contributed by atoms with Gasteiger partial charge in [-0.05, 0) is 24.1 Å². The predicted octanol–water partition coefficient (Wildman–Crippen LogP) is 2.59. The van der Waals surface area contributed by atoms with Gasteiger partial charge in [-0.3, -0.25) is 0 Å². The standard InChI is InChI=1S/C14H17N3O/c1-2-3-13-8-14(17-10-16-13)18-9-11-4-6-12(15)7-5-11/h4-8,10H,2-3,9,15H2,1H3. The number of aromatic nitrogens is 2. The zero-order valence-electron chi connectivity index (χ0n) is 10.5. The van der Waals surface area contributed by atoms with Crippen LogP contribution in [0, 0.1) is 0 Å². The molecule has 0 aliphatic rings. The summed E-state index contributed by atoms with van der Waals surface area (Å²) in [5.41, 5.74) is 8.46. The van der Waals surface area contributed by atoms with Crippen LogP contribution in [0.1, 0.15) is 24.6 Å². The summed E-state index contributed by atoms with van der Waals surface area (Å²) in [7, 11) is 0. The molecular formula is C14H17N3O. The van der Waals surface area contributed by atoms with Crippen LogP contribution < -0.4 is 10.5 Å². The lowest BCUT2D eigenvalue weighted by Gasteiger charge is -2.06. The van der Waals surface area contributed by atoms with Crippen molar-refractivity contribution >= 4 is 5.69 Å². The minimum Gasteiger partial charge on any atom is -0.473 e. The van der Waals surface area contributed by atoms with Gasteiger partial charge in [-0.1, -0.05) is 25.5 Å². The Morgan fingerprint density at radius 2 is 1.94 bits per heavy atom. The van der Waals surface area contributed by atoms with Crippen LogP contribution >= 0.6 is 0 Å². The zero-order chi connectivity index (χ0) is 12.8. The molecule has 0 fully saturated rings. The summed E-state index contributed by atoms with van der Waals surface area (Å²) < 4.78 is 5.63. The number of ether oxygens (including phenoxy) is 1. The molecule has 4 nitrogen and oxygen atoms in total. The lowest BCUT2D eigenvalue weighted by atomic mass is 10.2. The Balaban J connectivity index is 1.97. The summed E-state index contributed by atoms with van der Waals surface area (Å²) in [5, 5.41) is 0. The van der Waals surface area contributed by atoms with E-state index >= 15 is 0 Å². The van der Waals surface area contributed by atoms with Crippen molar-refractivity contribution in [3.05, 3.63) is 47.9 Å². The molecule has 0 saturated carbocycles. The fourth-order valence-electron chi connectivity index (χ4n) is 1.62. The number of rotatable bonds is 5. The second-order valence-electron chi connectivity index (χ2n) is 4.13. The highest BCUT2D eigenvalue weighted by atomic mass is 16.5. The highest BCUT2D eigenvalue weighted by Gasteiger charge is 2.00. The van der Waals surface area contributed by atoms with Crippen LogP contribution in [0.4, 0.5) is 5.69 Å². The molecule has 0 radical (unpaired) electrons. The van der Waals surface area contributed by atoms with E-state index in [-0.39, 0.29) is 0 Å². The highest BCUT2D eigenvalue weighted by molar-refractivity contribution is 5.39. The third-order valence-electron chi connectivity index (χ3n) is 2.57. The molecule has 0 atom stereocenters. The van der Waals surface area contributed by atoms with Crippen molar-refractivity contribution in [3.8, 4) is 5.88 Å². The molecule has 1 heterocycles. The molecule has 0 unspecified atom stereocenters. The van der Waals surface area contributed by atoms with Crippen LogP contribution in [0.3, 0.4) is 0 Å². The monoisotopic (exact) mass is 243 g/mol. The van der Waals surface area contributed by atoms with E-state index in [0.29, 0.717) is 12.5 Å². The predicted molar refractivity (Wildman–Crippen MR) is 71.2 cm³/mol. The van der Waals surface area contributed by atoms with E-state index in [4.69, 9.17) is 10.5 Å². The molecule has 2 rings (SSSR count). The summed E-state index contributed by atoms with van der Waals surface area (Å²) >= 11 is 0. The molecule has 0 spiro atoms. The first-order chi connectivity index (χ1) is 8.78. The van der Waals surface area contributed by atoms with Crippen LogP contribution in [0.15, 0.2) is 36.7 Å². The summed E-state index contributed by atoms with van der Waals surface area (Å²) in [5.74, 6) is 0.616. The van der Waals surface area contributed by atoms with Crippen LogP contribution in [0.2, 0.25) is 0 Å². The molecule has 1 aromatic carbocycles. The zero-order valence-corrected chi connectivity index (χ0v) is 10.5. The molecular weight excluding hydrogens is 226 g/mol. The quantitative estimate of drug-likeness (QED) is 0.820. The van der Waals surface area contributed by atoms with E-state index in [9.17, 15) is 0 Å². The number of anilines is 1. The number of aryl methyl sites for hydroxylation is 1. The molecule has 0 aliphatic carbocycles. The van der Waals surface area contributed by atoms with E-state index in [1.807, 2.05) is 30.3 Å². The van der Waals surface area contributed by atoms with Crippen molar-refractivity contribution in [1.29, 1.82) is 0 Å². The van der Waals surface area contributed by atoms with Crippen LogP contribution in [0.25, 0.3) is 0 Å². The van der Waals surface area contributed by atoms with Gasteiger partial charge in [-0.25, -0.2) is 9.97 Å². The molecule has 0 bridgehead atoms. The maximum absolute atomic E-state index is 5.63. The molecule has 18 heavy (non-hydrogen) atoms. The third kappa shape index (κ3) is 3.45. The molecule has 94 valence electrons. The molecule has 0 amide bonds. The van der Waals surface area contributed by atoms with E-state index in [2.05, 4.69) is 16.9 Å². The Morgan fingerprint density at radius 1 is 1.17 bits per heavy atom. The summed E-state index contributed by atoms with van der Waals surface area (Å²) in [6, 6.07) is 9.51. The van der Waals surface area contributed by atoms with Gasteiger partial charge in [-0.15, -0.1) is 0 Å². The van der Waals surface area contributed by atoms with Gasteiger partial charge in [0.25, 0.3) is 0 Å². The van der Waals surface area contributed by atoms with Crippen LogP contribution in [-0.4, -0.2) is 9.97 Å². The Kier molecular flexibility index (Phi) is 4.12. The largest absolute Gasteiger partial charge is 0.473 e. The van der Waals surface area contributed by atoms with Crippen molar-refractivity contribution in [2.45, 2.75) is 26.4 Å². The fraction of sp³-hybridized carbons (Fsp3) is 0.286. The lowest BCUT2D eigenvalue weighted by molar-refractivity contribution is 0.293. The Hall–Kier alpha value is -2.10. The number of nitrogens with zero attached hydrogens (tertiary/aromatic N) is 2. The van der Waals surface area contributed by atoms with Crippen molar-refractivity contribution in [2.75, 3.05) is 5.73 Å². The number of nitrogen functional groups attached to an aromatic ring is 1. The number of hydrogen-bond acceptors (Lipinski definition) is 4. The Labute approximate surface area is 107 Å². The molecule has 1 aromatic heterocycles. The van der Waals surface area contributed by atoms with Crippen molar-refractivity contribution < 1.29 is 4.74 Å². The van der Waals surface area contributed by atoms with Crippen molar-refractivity contribution in [2.24, 2.45) is 0 Å². The van der Waals surface area contributed by atoms with Crippen LogP contribution in [0.5, 0.6) is 5.88 Å². The molecule has 0 saturated heterocycles. The summed E-state index contributed by atoms with van der Waals surface area (Å²) in [6.45, 7) is 2.61. The van der Waals surface area contributed by atoms with E-state index in [1.165, 1.54) is 0 Å². The Morgan fingerprint density at radius 3 is 2.67 bits per heavy atom. The van der Waals surface area contributed by atoms with Crippen molar-refractivity contribution in [3.63, 3.8) is 0 Å². The molecule has 2 N–H and O–H groups in total. The maximum Gasteiger partial charge on any atom is 0.216 e. The molecule has 4 heteroatoms. The summed E-state index contributed by atoms with van der Waals surface area (Å²) in [4.78, 5) is 8.28. The van der Waals surface area contributed by atoms with Gasteiger partial charge >= 0.3 is 0 Å². The van der Waals surface area contributed by atoms with Crippen molar-refractivity contribution in [1.82, 2.24) is 9.97 Å². The van der Waals surface area contributed by atoms with E-state index < -0.39 is 0 Å². The first-order valence-corrected chi connectivity index (χ1v) is 6.06. The van der Waals surface area contributed by atoms with Gasteiger partial charge in [0.1, 0.15) is 12.9 Å². The van der Waals surface area contributed by atoms with E-state index in [1.54, 1.807) is 6.33 Å². The average molecular weight is 243 g/mol. The Bertz CT molecular complexity index is 497. The second kappa shape index (κ2) is 6.00. The lowest BCUT2D eigenvalue weighted by Crippen LogP contribution is -1.99. The first-order valence-electron chi connectivity index (χ1n) is 6.06. The normalized spacial score (nSPS) is 10.3. The number of benzene rings is 1. The van der Waals surface area contributed by atoms with Gasteiger partial charge in [0.2, 0.25) is 5.88 Å². The van der Waals surface area contributed by atoms with Gasteiger partial charge in [0.05, 0.1) is 0 Å². The van der Waals surface area contributed by atoms with Gasteiger partial charge < -0.3 is 10.5 Å². The maximum atomic E-state index is 5.63. The number of nitrogens with two attached hydrogens (primary N) is 1. The van der Waals surface area contributed by atoms with E-state index in [0.717, 1.165) is 29.8 Å². The smallest absolute Gasteiger partial charge is 0.216 e. The van der Waals surface area contributed by atoms with Gasteiger partial charge in [-0.2, -0.15) is 0 Å². The van der Waals surface area contributed by atoms with Gasteiger partial charge in [0.15, 0.2) is 0 Å². The summed E-state index contributed by atoms with van der Waals surface area (Å²) in [6.07, 6.45) is 3.55. The third-order valence-corrected chi connectivity index (χ3v) is 2.57. The van der Waals surface area contributed by atoms with Gasteiger partial charge in [0, 0.05) is 17.4 Å². The highest BCUT2D eigenvalue weighted by Crippen LogP contribution is 2.12. The van der Waals surface area contributed by atoms with Crippen LogP contribution in [-0.2, 0) is 13.0 Å². The first kappa shape index (κ1) is 12.4. The second-order valence-corrected chi connectivity index (χ2v) is 4.13. The molecule has 2 aromatic rings. The number of hydrogen-bond donors (Lipinski definition) is 1. The topological polar surface area (TPSA) is 61.0 Å². The average Bonchev–Trinajstić information content (AvgIpc) is 2.39. The minimum absolute atomic E-state index is 0.489.